The summed E-state index contributed by atoms with van der Waals surface area (Å²) in [6.07, 6.45) is 0. The van der Waals surface area contributed by atoms with Gasteiger partial charge in [0.25, 0.3) is 5.91 Å². The van der Waals surface area contributed by atoms with Gasteiger partial charge in [-0.2, -0.15) is 0 Å². The minimum Gasteiger partial charge on any atom is -0.361 e. The van der Waals surface area contributed by atoms with Gasteiger partial charge in [0.1, 0.15) is 17.1 Å². The lowest BCUT2D eigenvalue weighted by atomic mass is 10.3. The number of fused-ring (bicyclic) bond motifs is 1. The van der Waals surface area contributed by atoms with Crippen molar-refractivity contribution in [2.45, 2.75) is 6.92 Å². The van der Waals surface area contributed by atoms with Gasteiger partial charge in [0.05, 0.1) is 4.70 Å². The molecule has 0 saturated heterocycles. The van der Waals surface area contributed by atoms with E-state index in [-0.39, 0.29) is 28.7 Å². The van der Waals surface area contributed by atoms with Crippen molar-refractivity contribution in [2.24, 2.45) is 0 Å². The van der Waals surface area contributed by atoms with Gasteiger partial charge in [-0.15, -0.1) is 12.4 Å². The number of likely N-dealkylation sites (N-methyl/N-ethyl adjacent to an activating group) is 1. The first kappa shape index (κ1) is 20.2. The molecule has 26 heavy (non-hydrogen) atoms. The monoisotopic (exact) mass is 402 g/mol. The van der Waals surface area contributed by atoms with Crippen LogP contribution >= 0.6 is 23.7 Å². The third-order valence-electron chi connectivity index (χ3n) is 3.50. The van der Waals surface area contributed by atoms with Crippen LogP contribution < -0.4 is 4.90 Å². The Balaban J connectivity index is 0.00000243. The zero-order chi connectivity index (χ0) is 18.1. The molecule has 140 valence electrons. The molecule has 6 nitrogen and oxygen atoms in total. The fraction of sp³-hybridized carbons (Fsp3) is 0.312. The van der Waals surface area contributed by atoms with Crippen molar-refractivity contribution in [1.82, 2.24) is 15.0 Å². The van der Waals surface area contributed by atoms with Gasteiger partial charge in [0.2, 0.25) is 0 Å². The van der Waals surface area contributed by atoms with Gasteiger partial charge in [-0.1, -0.05) is 16.5 Å². The molecule has 0 radical (unpaired) electrons. The van der Waals surface area contributed by atoms with Crippen LogP contribution in [0.1, 0.15) is 16.2 Å². The zero-order valence-electron chi connectivity index (χ0n) is 14.3. The van der Waals surface area contributed by atoms with Gasteiger partial charge in [-0.05, 0) is 27.1 Å². The topological polar surface area (TPSA) is 62.5 Å². The van der Waals surface area contributed by atoms with E-state index in [0.717, 1.165) is 17.4 Å². The van der Waals surface area contributed by atoms with Crippen molar-refractivity contribution in [3.8, 4) is 0 Å². The Hall–Kier alpha value is -2.10. The van der Waals surface area contributed by atoms with Crippen LogP contribution in [0.4, 0.5) is 13.9 Å². The summed E-state index contributed by atoms with van der Waals surface area (Å²) in [4.78, 5) is 20.3. The molecule has 0 fully saturated rings. The van der Waals surface area contributed by atoms with Crippen LogP contribution in [0.15, 0.2) is 22.7 Å². The number of carbonyl (C=O) groups is 1. The molecule has 0 aliphatic carbocycles. The molecular weight excluding hydrogens is 386 g/mol. The predicted molar refractivity (Wildman–Crippen MR) is 98.3 cm³/mol. The number of hydrogen-bond acceptors (Lipinski definition) is 6. The van der Waals surface area contributed by atoms with E-state index in [1.54, 1.807) is 6.92 Å². The number of hydrogen-bond donors (Lipinski definition) is 0. The van der Waals surface area contributed by atoms with Crippen molar-refractivity contribution in [3.63, 3.8) is 0 Å². The van der Waals surface area contributed by atoms with E-state index in [9.17, 15) is 13.6 Å². The fourth-order valence-corrected chi connectivity index (χ4v) is 3.28. The molecule has 0 atom stereocenters. The van der Waals surface area contributed by atoms with Crippen molar-refractivity contribution in [2.75, 3.05) is 32.1 Å². The highest BCUT2D eigenvalue weighted by Gasteiger charge is 2.24. The highest BCUT2D eigenvalue weighted by molar-refractivity contribution is 7.22. The second-order valence-electron chi connectivity index (χ2n) is 5.81. The standard InChI is InChI=1S/C16H16F2N4O2S.ClH/c1-9-6-12(20-24-9)15(23)22(5-4-21(2)3)16-19-14-11(18)7-10(17)8-13(14)25-16;/h6-8H,4-5H2,1-3H3;1H. The SMILES string of the molecule is Cc1cc(C(=O)N(CCN(C)C)c2nc3c(F)cc(F)cc3s2)no1.Cl. The van der Waals surface area contributed by atoms with Crippen LogP contribution in [-0.4, -0.2) is 48.1 Å². The van der Waals surface area contributed by atoms with Crippen LogP contribution in [0.25, 0.3) is 10.2 Å². The summed E-state index contributed by atoms with van der Waals surface area (Å²) in [6.45, 7) is 2.57. The van der Waals surface area contributed by atoms with Gasteiger partial charge in [0.15, 0.2) is 16.6 Å². The minimum absolute atomic E-state index is 0. The quantitative estimate of drug-likeness (QED) is 0.653. The lowest BCUT2D eigenvalue weighted by Gasteiger charge is -2.20. The van der Waals surface area contributed by atoms with E-state index >= 15 is 0 Å². The maximum absolute atomic E-state index is 13.9. The van der Waals surface area contributed by atoms with Gasteiger partial charge >= 0.3 is 0 Å². The Morgan fingerprint density at radius 2 is 1.96 bits per heavy atom. The van der Waals surface area contributed by atoms with Crippen molar-refractivity contribution >= 4 is 45.0 Å². The molecule has 0 aliphatic rings. The van der Waals surface area contributed by atoms with Gasteiger partial charge < -0.3 is 9.42 Å². The Morgan fingerprint density at radius 3 is 2.58 bits per heavy atom. The summed E-state index contributed by atoms with van der Waals surface area (Å²) >= 11 is 1.05. The van der Waals surface area contributed by atoms with E-state index in [1.807, 2.05) is 19.0 Å². The Morgan fingerprint density at radius 1 is 1.23 bits per heavy atom. The molecule has 1 aromatic carbocycles. The average molecular weight is 403 g/mol. The Bertz CT molecular complexity index is 928. The molecule has 10 heteroatoms. The van der Waals surface area contributed by atoms with E-state index in [0.29, 0.717) is 23.5 Å². The lowest BCUT2D eigenvalue weighted by molar-refractivity contribution is 0.0976. The van der Waals surface area contributed by atoms with E-state index < -0.39 is 17.5 Å². The van der Waals surface area contributed by atoms with Crippen molar-refractivity contribution < 1.29 is 18.1 Å². The molecule has 2 heterocycles. The maximum atomic E-state index is 13.9. The summed E-state index contributed by atoms with van der Waals surface area (Å²) in [6, 6.07) is 3.51. The summed E-state index contributed by atoms with van der Waals surface area (Å²) < 4.78 is 32.6. The molecule has 3 aromatic rings. The van der Waals surface area contributed by atoms with Crippen LogP contribution in [-0.2, 0) is 0 Å². The molecule has 0 spiro atoms. The Kier molecular flexibility index (Phi) is 6.27. The number of nitrogens with zero attached hydrogens (tertiary/aromatic N) is 4. The molecule has 0 saturated carbocycles. The molecule has 2 aromatic heterocycles. The summed E-state index contributed by atoms with van der Waals surface area (Å²) in [7, 11) is 3.74. The summed E-state index contributed by atoms with van der Waals surface area (Å²) in [5.74, 6) is -1.33. The van der Waals surface area contributed by atoms with Crippen LogP contribution in [0.5, 0.6) is 0 Å². The first-order chi connectivity index (χ1) is 11.8. The average Bonchev–Trinajstić information content (AvgIpc) is 3.13. The first-order valence-corrected chi connectivity index (χ1v) is 8.32. The molecule has 0 bridgehead atoms. The lowest BCUT2D eigenvalue weighted by Crippen LogP contribution is -2.36. The first-order valence-electron chi connectivity index (χ1n) is 7.50. The van der Waals surface area contributed by atoms with E-state index in [2.05, 4.69) is 10.1 Å². The second kappa shape index (κ2) is 8.07. The van der Waals surface area contributed by atoms with Gasteiger partial charge in [-0.25, -0.2) is 13.8 Å². The molecule has 1 amide bonds. The summed E-state index contributed by atoms with van der Waals surface area (Å²) in [5, 5.41) is 4.02. The number of benzene rings is 1. The Labute approximate surface area is 158 Å². The van der Waals surface area contributed by atoms with Crippen LogP contribution in [0.3, 0.4) is 0 Å². The number of amides is 1. The van der Waals surface area contributed by atoms with Gasteiger partial charge in [-0.3, -0.25) is 9.69 Å². The molecule has 0 aliphatic heterocycles. The van der Waals surface area contributed by atoms with Gasteiger partial charge in [0, 0.05) is 25.2 Å². The molecule has 0 N–H and O–H groups in total. The van der Waals surface area contributed by atoms with E-state index in [4.69, 9.17) is 4.52 Å². The number of thiazole rings is 1. The molecular formula is C16H17ClF2N4O2S. The van der Waals surface area contributed by atoms with Crippen molar-refractivity contribution in [1.29, 1.82) is 0 Å². The highest BCUT2D eigenvalue weighted by Crippen LogP contribution is 2.31. The number of anilines is 1. The van der Waals surface area contributed by atoms with Crippen LogP contribution in [0, 0.1) is 18.6 Å². The summed E-state index contributed by atoms with van der Waals surface area (Å²) in [5.41, 5.74) is 0.183. The number of carbonyl (C=O) groups excluding carboxylic acids is 1. The highest BCUT2D eigenvalue weighted by atomic mass is 35.5. The minimum atomic E-state index is -0.755. The zero-order valence-corrected chi connectivity index (χ0v) is 16.0. The predicted octanol–water partition coefficient (Wildman–Crippen LogP) is 3.50. The molecule has 3 rings (SSSR count). The number of halogens is 3. The smallest absolute Gasteiger partial charge is 0.282 e. The molecule has 0 unspecified atom stereocenters. The fourth-order valence-electron chi connectivity index (χ4n) is 2.25. The van der Waals surface area contributed by atoms with E-state index in [1.165, 1.54) is 17.0 Å². The third-order valence-corrected chi connectivity index (χ3v) is 4.52. The third kappa shape index (κ3) is 4.17. The maximum Gasteiger partial charge on any atom is 0.282 e. The van der Waals surface area contributed by atoms with Crippen molar-refractivity contribution in [3.05, 3.63) is 41.3 Å². The van der Waals surface area contributed by atoms with Crippen LogP contribution in [0.2, 0.25) is 0 Å². The number of rotatable bonds is 5. The second-order valence-corrected chi connectivity index (χ2v) is 6.82. The number of aryl methyl sites for hydroxylation is 1. The number of aromatic nitrogens is 2. The normalized spacial score (nSPS) is 11.0. The largest absolute Gasteiger partial charge is 0.361 e.